The minimum Gasteiger partial charge on any atom is -0.425 e. The number of carbonyl (C=O) groups excluding carboxylic acids is 2. The lowest BCUT2D eigenvalue weighted by Gasteiger charge is -2.31. The molecule has 0 aromatic heterocycles. The summed E-state index contributed by atoms with van der Waals surface area (Å²) in [4.78, 5) is 21.0. The maximum absolute atomic E-state index is 10.9. The second-order valence-corrected chi connectivity index (χ2v) is 2.64. The van der Waals surface area contributed by atoms with Gasteiger partial charge in [0.2, 0.25) is 0 Å². The van der Waals surface area contributed by atoms with E-state index in [1.54, 1.807) is 0 Å². The second-order valence-electron chi connectivity index (χ2n) is 2.64. The van der Waals surface area contributed by atoms with Gasteiger partial charge in [-0.2, -0.15) is 0 Å². The molecule has 1 heterocycles. The lowest BCUT2D eigenvalue weighted by molar-refractivity contribution is -0.230. The lowest BCUT2D eigenvalue weighted by atomic mass is 10.1. The zero-order valence-electron chi connectivity index (χ0n) is 6.62. The van der Waals surface area contributed by atoms with E-state index in [1.165, 1.54) is 0 Å². The normalized spacial score (nSPS) is 29.3. The molecule has 1 amide bonds. The molecule has 5 nitrogen and oxygen atoms in total. The van der Waals surface area contributed by atoms with E-state index in [-0.39, 0.29) is 6.47 Å². The van der Waals surface area contributed by atoms with Gasteiger partial charge in [-0.1, -0.05) is 0 Å². The van der Waals surface area contributed by atoms with E-state index in [0.29, 0.717) is 13.0 Å². The van der Waals surface area contributed by atoms with E-state index < -0.39 is 11.7 Å². The minimum absolute atomic E-state index is 0.191. The van der Waals surface area contributed by atoms with Crippen LogP contribution in [0.15, 0.2) is 0 Å². The highest BCUT2D eigenvalue weighted by Gasteiger charge is 2.41. The molecule has 1 fully saturated rings. The standard InChI is InChI=1S/C7H11NO4/c8-6(10)7(12-5-9)3-1-2-4-11-7/h5H,1-4H2,(H2,8,10). The fourth-order valence-corrected chi connectivity index (χ4v) is 1.19. The van der Waals surface area contributed by atoms with Gasteiger partial charge in [-0.15, -0.1) is 0 Å². The third kappa shape index (κ3) is 1.55. The molecular formula is C7H11NO4. The summed E-state index contributed by atoms with van der Waals surface area (Å²) < 4.78 is 9.59. The van der Waals surface area contributed by atoms with E-state index >= 15 is 0 Å². The van der Waals surface area contributed by atoms with Crippen LogP contribution in [0.2, 0.25) is 0 Å². The van der Waals surface area contributed by atoms with Crippen molar-refractivity contribution >= 4 is 12.4 Å². The molecule has 1 unspecified atom stereocenters. The Bertz CT molecular complexity index is 186. The Morgan fingerprint density at radius 2 is 2.33 bits per heavy atom. The van der Waals surface area contributed by atoms with Crippen molar-refractivity contribution in [3.63, 3.8) is 0 Å². The predicted molar refractivity (Wildman–Crippen MR) is 38.9 cm³/mol. The number of carbonyl (C=O) groups is 2. The summed E-state index contributed by atoms with van der Waals surface area (Å²) >= 11 is 0. The SMILES string of the molecule is NC(=O)C1(OC=O)CCCCO1. The first kappa shape index (κ1) is 8.99. The van der Waals surface area contributed by atoms with Crippen LogP contribution >= 0.6 is 0 Å². The van der Waals surface area contributed by atoms with Crippen molar-refractivity contribution in [2.75, 3.05) is 6.61 Å². The smallest absolute Gasteiger partial charge is 0.296 e. The largest absolute Gasteiger partial charge is 0.425 e. The van der Waals surface area contributed by atoms with Gasteiger partial charge in [-0.3, -0.25) is 9.59 Å². The summed E-state index contributed by atoms with van der Waals surface area (Å²) in [7, 11) is 0. The maximum Gasteiger partial charge on any atom is 0.296 e. The van der Waals surface area contributed by atoms with Crippen molar-refractivity contribution in [2.45, 2.75) is 25.0 Å². The summed E-state index contributed by atoms with van der Waals surface area (Å²) in [6.45, 7) is 0.590. The molecule has 0 radical (unpaired) electrons. The van der Waals surface area contributed by atoms with Crippen LogP contribution in [0.1, 0.15) is 19.3 Å². The van der Waals surface area contributed by atoms with Gasteiger partial charge < -0.3 is 15.2 Å². The first-order valence-electron chi connectivity index (χ1n) is 3.76. The minimum atomic E-state index is -1.50. The number of hydrogen-bond acceptors (Lipinski definition) is 4. The molecular weight excluding hydrogens is 162 g/mol. The van der Waals surface area contributed by atoms with Gasteiger partial charge in [0, 0.05) is 6.42 Å². The Hall–Kier alpha value is -1.10. The van der Waals surface area contributed by atoms with E-state index in [9.17, 15) is 9.59 Å². The molecule has 0 aliphatic carbocycles. The van der Waals surface area contributed by atoms with Gasteiger partial charge >= 0.3 is 0 Å². The average molecular weight is 173 g/mol. The molecule has 0 saturated carbocycles. The van der Waals surface area contributed by atoms with E-state index in [4.69, 9.17) is 10.5 Å². The molecule has 5 heteroatoms. The number of nitrogens with two attached hydrogens (primary N) is 1. The van der Waals surface area contributed by atoms with Crippen LogP contribution in [0.5, 0.6) is 0 Å². The summed E-state index contributed by atoms with van der Waals surface area (Å²) in [5.74, 6) is -2.24. The van der Waals surface area contributed by atoms with Crippen LogP contribution in [-0.2, 0) is 19.1 Å². The quantitative estimate of drug-likeness (QED) is 0.586. The molecule has 1 rings (SSSR count). The topological polar surface area (TPSA) is 78.6 Å². The Morgan fingerprint density at radius 1 is 1.58 bits per heavy atom. The third-order valence-electron chi connectivity index (χ3n) is 1.85. The van der Waals surface area contributed by atoms with Crippen molar-refractivity contribution < 1.29 is 19.1 Å². The van der Waals surface area contributed by atoms with Crippen molar-refractivity contribution in [3.8, 4) is 0 Å². The first-order chi connectivity index (χ1) is 5.71. The number of hydrogen-bond donors (Lipinski definition) is 1. The van der Waals surface area contributed by atoms with Gasteiger partial charge in [-0.25, -0.2) is 0 Å². The number of primary amides is 1. The Labute approximate surface area is 69.8 Å². The van der Waals surface area contributed by atoms with Crippen LogP contribution in [0.25, 0.3) is 0 Å². The van der Waals surface area contributed by atoms with Crippen molar-refractivity contribution in [2.24, 2.45) is 5.73 Å². The lowest BCUT2D eigenvalue weighted by Crippen LogP contribution is -2.50. The van der Waals surface area contributed by atoms with Gasteiger partial charge in [0.25, 0.3) is 18.2 Å². The monoisotopic (exact) mass is 173 g/mol. The molecule has 0 aromatic carbocycles. The molecule has 2 N–H and O–H groups in total. The summed E-state index contributed by atoms with van der Waals surface area (Å²) in [5.41, 5.74) is 5.04. The molecule has 0 bridgehead atoms. The zero-order chi connectivity index (χ0) is 9.03. The fraction of sp³-hybridized carbons (Fsp3) is 0.714. The van der Waals surface area contributed by atoms with Gasteiger partial charge in [-0.05, 0) is 12.8 Å². The van der Waals surface area contributed by atoms with Crippen molar-refractivity contribution in [3.05, 3.63) is 0 Å². The van der Waals surface area contributed by atoms with Crippen LogP contribution in [0.3, 0.4) is 0 Å². The number of rotatable bonds is 3. The van der Waals surface area contributed by atoms with E-state index in [2.05, 4.69) is 4.74 Å². The Balaban J connectivity index is 2.69. The summed E-state index contributed by atoms with van der Waals surface area (Å²) in [6.07, 6.45) is 1.98. The summed E-state index contributed by atoms with van der Waals surface area (Å²) in [6, 6.07) is 0. The van der Waals surface area contributed by atoms with Crippen LogP contribution < -0.4 is 5.73 Å². The van der Waals surface area contributed by atoms with Gasteiger partial charge in [0.1, 0.15) is 0 Å². The molecule has 1 aliphatic rings. The first-order valence-corrected chi connectivity index (χ1v) is 3.76. The molecule has 68 valence electrons. The average Bonchev–Trinajstić information content (AvgIpc) is 2.06. The Kier molecular flexibility index (Phi) is 2.65. The van der Waals surface area contributed by atoms with E-state index in [1.807, 2.05) is 0 Å². The summed E-state index contributed by atoms with van der Waals surface area (Å²) in [5, 5.41) is 0. The Morgan fingerprint density at radius 3 is 2.75 bits per heavy atom. The van der Waals surface area contributed by atoms with Gasteiger partial charge in [0.15, 0.2) is 0 Å². The predicted octanol–water partition coefficient (Wildman–Crippen LogP) is -0.459. The van der Waals surface area contributed by atoms with E-state index in [0.717, 1.165) is 12.8 Å². The molecule has 0 aromatic rings. The molecule has 1 atom stereocenters. The van der Waals surface area contributed by atoms with Crippen LogP contribution in [0.4, 0.5) is 0 Å². The van der Waals surface area contributed by atoms with Crippen LogP contribution in [-0.4, -0.2) is 24.8 Å². The molecule has 1 saturated heterocycles. The second kappa shape index (κ2) is 3.53. The molecule has 0 spiro atoms. The van der Waals surface area contributed by atoms with Crippen molar-refractivity contribution in [1.82, 2.24) is 0 Å². The third-order valence-corrected chi connectivity index (χ3v) is 1.85. The highest BCUT2D eigenvalue weighted by atomic mass is 16.7. The zero-order valence-corrected chi connectivity index (χ0v) is 6.62. The van der Waals surface area contributed by atoms with Crippen molar-refractivity contribution in [1.29, 1.82) is 0 Å². The molecule has 1 aliphatic heterocycles. The highest BCUT2D eigenvalue weighted by Crippen LogP contribution is 2.25. The highest BCUT2D eigenvalue weighted by molar-refractivity contribution is 5.83. The molecule has 12 heavy (non-hydrogen) atoms. The number of ether oxygens (including phenoxy) is 2. The maximum atomic E-state index is 10.9. The fourth-order valence-electron chi connectivity index (χ4n) is 1.19. The van der Waals surface area contributed by atoms with Gasteiger partial charge in [0.05, 0.1) is 6.61 Å². The number of amides is 1. The van der Waals surface area contributed by atoms with Crippen LogP contribution in [0, 0.1) is 0 Å².